The molecule has 0 atom stereocenters. The van der Waals surface area contributed by atoms with Crippen LogP contribution in [0.15, 0.2) is 29.4 Å². The van der Waals surface area contributed by atoms with Gasteiger partial charge in [0.25, 0.3) is 0 Å². The number of nitrogens with one attached hydrogen (secondary N) is 2. The summed E-state index contributed by atoms with van der Waals surface area (Å²) in [4.78, 5) is 22.7. The molecule has 7 heteroatoms. The third kappa shape index (κ3) is 5.07. The van der Waals surface area contributed by atoms with Crippen LogP contribution in [0.4, 0.5) is 0 Å². The molecule has 0 bridgehead atoms. The van der Waals surface area contributed by atoms with Crippen molar-refractivity contribution in [3.63, 3.8) is 0 Å². The molecule has 0 saturated heterocycles. The molecule has 0 fully saturated rings. The molecule has 1 aromatic carbocycles. The molecule has 0 aromatic heterocycles. The molecule has 0 heterocycles. The number of hydrogen-bond donors (Lipinski definition) is 2. The Kier molecular flexibility index (Phi) is 6.77. The number of ether oxygens (including phenoxy) is 2. The number of nitrogens with zero attached hydrogens (tertiary/aromatic N) is 1. The minimum Gasteiger partial charge on any atom is -0.496 e. The van der Waals surface area contributed by atoms with Crippen LogP contribution in [0.2, 0.25) is 0 Å². The maximum Gasteiger partial charge on any atom is 0.329 e. The maximum atomic E-state index is 11.4. The first kappa shape index (κ1) is 15.6. The number of rotatable bonds is 6. The fourth-order valence-electron chi connectivity index (χ4n) is 1.33. The van der Waals surface area contributed by atoms with Crippen molar-refractivity contribution < 1.29 is 19.1 Å². The summed E-state index contributed by atoms with van der Waals surface area (Å²) in [6.07, 6.45) is 1.40. The summed E-state index contributed by atoms with van der Waals surface area (Å²) in [5, 5.41) is 6.08. The van der Waals surface area contributed by atoms with Crippen molar-refractivity contribution in [1.82, 2.24) is 10.7 Å². The number of carbonyl (C=O) groups excluding carboxylic acids is 2. The lowest BCUT2D eigenvalue weighted by Gasteiger charge is -2.04. The van der Waals surface area contributed by atoms with Gasteiger partial charge >= 0.3 is 11.8 Å². The number of benzene rings is 1. The van der Waals surface area contributed by atoms with E-state index in [1.165, 1.54) is 20.4 Å². The fourth-order valence-corrected chi connectivity index (χ4v) is 1.33. The Hall–Kier alpha value is -2.41. The van der Waals surface area contributed by atoms with Crippen LogP contribution in [0.25, 0.3) is 0 Å². The van der Waals surface area contributed by atoms with E-state index >= 15 is 0 Å². The van der Waals surface area contributed by atoms with Crippen LogP contribution in [-0.4, -0.2) is 45.4 Å². The number of hydrogen-bond acceptors (Lipinski definition) is 5. The Morgan fingerprint density at radius 1 is 1.25 bits per heavy atom. The van der Waals surface area contributed by atoms with Gasteiger partial charge in [0, 0.05) is 19.2 Å². The largest absolute Gasteiger partial charge is 0.496 e. The first-order chi connectivity index (χ1) is 9.69. The number of hydrazone groups is 1. The van der Waals surface area contributed by atoms with E-state index in [0.717, 1.165) is 0 Å². The van der Waals surface area contributed by atoms with Gasteiger partial charge in [-0.3, -0.25) is 9.59 Å². The van der Waals surface area contributed by atoms with Crippen molar-refractivity contribution in [2.75, 3.05) is 27.4 Å². The van der Waals surface area contributed by atoms with Crippen LogP contribution in [0, 0.1) is 0 Å². The van der Waals surface area contributed by atoms with Gasteiger partial charge in [-0.15, -0.1) is 0 Å². The number of carbonyl (C=O) groups is 2. The van der Waals surface area contributed by atoms with E-state index in [2.05, 4.69) is 15.8 Å². The number of amides is 2. The van der Waals surface area contributed by atoms with Gasteiger partial charge in [0.15, 0.2) is 0 Å². The van der Waals surface area contributed by atoms with Crippen molar-refractivity contribution in [1.29, 1.82) is 0 Å². The highest BCUT2D eigenvalue weighted by atomic mass is 16.5. The molecule has 108 valence electrons. The second kappa shape index (κ2) is 8.65. The number of methoxy groups -OCH3 is 2. The molecular formula is C13H17N3O4. The van der Waals surface area contributed by atoms with Crippen molar-refractivity contribution >= 4 is 18.0 Å². The lowest BCUT2D eigenvalue weighted by molar-refractivity contribution is -0.139. The van der Waals surface area contributed by atoms with Crippen LogP contribution >= 0.6 is 0 Å². The summed E-state index contributed by atoms with van der Waals surface area (Å²) in [6, 6.07) is 7.16. The van der Waals surface area contributed by atoms with Gasteiger partial charge in [0.05, 0.1) is 19.9 Å². The van der Waals surface area contributed by atoms with Crippen LogP contribution in [0.3, 0.4) is 0 Å². The minimum atomic E-state index is -0.841. The van der Waals surface area contributed by atoms with Crippen molar-refractivity contribution in [3.05, 3.63) is 29.8 Å². The maximum absolute atomic E-state index is 11.4. The summed E-state index contributed by atoms with van der Waals surface area (Å²) in [7, 11) is 3.04. The highest BCUT2D eigenvalue weighted by Crippen LogP contribution is 2.14. The van der Waals surface area contributed by atoms with Crippen LogP contribution in [-0.2, 0) is 14.3 Å². The first-order valence-corrected chi connectivity index (χ1v) is 5.92. The zero-order valence-electron chi connectivity index (χ0n) is 11.4. The predicted molar refractivity (Wildman–Crippen MR) is 73.6 cm³/mol. The van der Waals surface area contributed by atoms with Gasteiger partial charge in [0.1, 0.15) is 5.75 Å². The summed E-state index contributed by atoms with van der Waals surface area (Å²) in [5.74, 6) is -0.985. The third-order valence-electron chi connectivity index (χ3n) is 2.31. The lowest BCUT2D eigenvalue weighted by Crippen LogP contribution is -2.39. The highest BCUT2D eigenvalue weighted by Gasteiger charge is 2.11. The molecule has 0 saturated carbocycles. The monoisotopic (exact) mass is 279 g/mol. The summed E-state index contributed by atoms with van der Waals surface area (Å²) in [6.45, 7) is 0.600. The van der Waals surface area contributed by atoms with Crippen LogP contribution in [0.1, 0.15) is 5.56 Å². The van der Waals surface area contributed by atoms with Crippen LogP contribution < -0.4 is 15.5 Å². The molecule has 2 amide bonds. The van der Waals surface area contributed by atoms with Crippen molar-refractivity contribution in [2.24, 2.45) is 5.10 Å². The van der Waals surface area contributed by atoms with Crippen molar-refractivity contribution in [2.45, 2.75) is 0 Å². The Morgan fingerprint density at radius 2 is 2.00 bits per heavy atom. The summed E-state index contributed by atoms with van der Waals surface area (Å²) >= 11 is 0. The standard InChI is InChI=1S/C13H17N3O4/c1-19-8-7-14-12(17)13(18)16-15-9-10-5-3-4-6-11(10)20-2/h3-6,9H,7-8H2,1-2H3,(H,14,17)(H,16,18)/b15-9+. The normalized spacial score (nSPS) is 10.3. The van der Waals surface area contributed by atoms with Gasteiger partial charge in [0.2, 0.25) is 0 Å². The Balaban J connectivity index is 2.47. The Bertz CT molecular complexity index is 488. The van der Waals surface area contributed by atoms with Gasteiger partial charge in [-0.05, 0) is 12.1 Å². The van der Waals surface area contributed by atoms with Gasteiger partial charge in [-0.25, -0.2) is 5.43 Å². The average Bonchev–Trinajstić information content (AvgIpc) is 2.47. The molecule has 0 aliphatic rings. The molecule has 0 radical (unpaired) electrons. The molecule has 0 aliphatic carbocycles. The fraction of sp³-hybridized carbons (Fsp3) is 0.308. The number of para-hydroxylation sites is 1. The van der Waals surface area contributed by atoms with E-state index in [1.807, 2.05) is 12.1 Å². The van der Waals surface area contributed by atoms with Crippen LogP contribution in [0.5, 0.6) is 5.75 Å². The van der Waals surface area contributed by atoms with E-state index in [9.17, 15) is 9.59 Å². The summed E-state index contributed by atoms with van der Waals surface area (Å²) in [5.41, 5.74) is 2.82. The highest BCUT2D eigenvalue weighted by molar-refractivity contribution is 6.35. The smallest absolute Gasteiger partial charge is 0.329 e. The molecule has 20 heavy (non-hydrogen) atoms. The van der Waals surface area contributed by atoms with E-state index < -0.39 is 11.8 Å². The third-order valence-corrected chi connectivity index (χ3v) is 2.31. The van der Waals surface area contributed by atoms with Gasteiger partial charge in [-0.1, -0.05) is 12.1 Å². The second-order valence-corrected chi connectivity index (χ2v) is 3.69. The summed E-state index contributed by atoms with van der Waals surface area (Å²) < 4.78 is 9.87. The minimum absolute atomic E-state index is 0.263. The van der Waals surface area contributed by atoms with E-state index in [4.69, 9.17) is 9.47 Å². The zero-order valence-corrected chi connectivity index (χ0v) is 11.4. The van der Waals surface area contributed by atoms with E-state index in [0.29, 0.717) is 17.9 Å². The van der Waals surface area contributed by atoms with E-state index in [-0.39, 0.29) is 6.54 Å². The zero-order chi connectivity index (χ0) is 14.8. The molecule has 0 unspecified atom stereocenters. The molecule has 0 spiro atoms. The Labute approximate surface area is 117 Å². The van der Waals surface area contributed by atoms with E-state index in [1.54, 1.807) is 12.1 Å². The lowest BCUT2D eigenvalue weighted by atomic mass is 10.2. The van der Waals surface area contributed by atoms with Crippen molar-refractivity contribution in [3.8, 4) is 5.75 Å². The Morgan fingerprint density at radius 3 is 2.70 bits per heavy atom. The molecule has 0 aliphatic heterocycles. The molecular weight excluding hydrogens is 262 g/mol. The molecule has 1 aromatic rings. The molecule has 7 nitrogen and oxygen atoms in total. The molecule has 2 N–H and O–H groups in total. The SMILES string of the molecule is COCCNC(=O)C(=O)N/N=C/c1ccccc1OC. The quantitative estimate of drug-likeness (QED) is 0.329. The second-order valence-electron chi connectivity index (χ2n) is 3.69. The predicted octanol–water partition coefficient (Wildman–Crippen LogP) is -0.0921. The average molecular weight is 279 g/mol. The molecule has 1 rings (SSSR count). The first-order valence-electron chi connectivity index (χ1n) is 5.92. The van der Waals surface area contributed by atoms with Gasteiger partial charge in [-0.2, -0.15) is 5.10 Å². The topological polar surface area (TPSA) is 89.0 Å². The van der Waals surface area contributed by atoms with Gasteiger partial charge < -0.3 is 14.8 Å².